The standard InChI is InChI=1S/C22H21F2NO2/c23-22(24)27-20-10-6-16(7-11-20)13-14-25-21(26)12-8-17-5-9-18-3-1-2-4-19(18)15-17/h1-7,9-11,15,22H,8,12-14H2,(H,25,26). The Morgan fingerprint density at radius 2 is 1.59 bits per heavy atom. The highest BCUT2D eigenvalue weighted by Crippen LogP contribution is 2.17. The Morgan fingerprint density at radius 3 is 2.33 bits per heavy atom. The molecule has 0 radical (unpaired) electrons. The first-order valence-electron chi connectivity index (χ1n) is 8.88. The summed E-state index contributed by atoms with van der Waals surface area (Å²) in [4.78, 5) is 12.0. The van der Waals surface area contributed by atoms with Crippen molar-refractivity contribution in [3.8, 4) is 5.75 Å². The average molecular weight is 369 g/mol. The van der Waals surface area contributed by atoms with E-state index in [2.05, 4.69) is 40.4 Å². The van der Waals surface area contributed by atoms with E-state index in [4.69, 9.17) is 0 Å². The number of hydrogen-bond donors (Lipinski definition) is 1. The summed E-state index contributed by atoms with van der Waals surface area (Å²) in [5, 5.41) is 5.26. The number of aryl methyl sites for hydroxylation is 1. The molecule has 0 spiro atoms. The number of fused-ring (bicyclic) bond motifs is 1. The number of hydrogen-bond acceptors (Lipinski definition) is 2. The molecular weight excluding hydrogens is 348 g/mol. The number of rotatable bonds is 8. The summed E-state index contributed by atoms with van der Waals surface area (Å²) in [6.45, 7) is -2.32. The zero-order valence-electron chi connectivity index (χ0n) is 14.8. The van der Waals surface area contributed by atoms with Crippen LogP contribution in [0.3, 0.4) is 0 Å². The monoisotopic (exact) mass is 369 g/mol. The van der Waals surface area contributed by atoms with Gasteiger partial charge in [-0.3, -0.25) is 4.79 Å². The summed E-state index contributed by atoms with van der Waals surface area (Å²) in [5.74, 6) is 0.133. The maximum absolute atomic E-state index is 12.1. The molecule has 1 amide bonds. The van der Waals surface area contributed by atoms with Gasteiger partial charge in [0, 0.05) is 13.0 Å². The van der Waals surface area contributed by atoms with Crippen LogP contribution in [0, 0.1) is 0 Å². The summed E-state index contributed by atoms with van der Waals surface area (Å²) in [5.41, 5.74) is 2.09. The first-order chi connectivity index (χ1) is 13.1. The van der Waals surface area contributed by atoms with Crippen molar-refractivity contribution in [3.63, 3.8) is 0 Å². The largest absolute Gasteiger partial charge is 0.435 e. The minimum absolute atomic E-state index is 0.000752. The molecule has 3 aromatic carbocycles. The van der Waals surface area contributed by atoms with Crippen LogP contribution in [0.4, 0.5) is 8.78 Å². The molecule has 0 bridgehead atoms. The third-order valence-electron chi connectivity index (χ3n) is 4.34. The summed E-state index contributed by atoms with van der Waals surface area (Å²) in [7, 11) is 0. The minimum Gasteiger partial charge on any atom is -0.435 e. The Labute approximate surface area is 157 Å². The Morgan fingerprint density at radius 1 is 0.889 bits per heavy atom. The van der Waals surface area contributed by atoms with Crippen LogP contribution in [0.5, 0.6) is 5.75 Å². The summed E-state index contributed by atoms with van der Waals surface area (Å²) in [6, 6.07) is 20.8. The highest BCUT2D eigenvalue weighted by molar-refractivity contribution is 5.83. The molecule has 0 unspecified atom stereocenters. The molecule has 0 aliphatic heterocycles. The van der Waals surface area contributed by atoms with Crippen LogP contribution in [-0.4, -0.2) is 19.1 Å². The number of alkyl halides is 2. The third-order valence-corrected chi connectivity index (χ3v) is 4.34. The number of ether oxygens (including phenoxy) is 1. The molecule has 0 saturated carbocycles. The fourth-order valence-corrected chi connectivity index (χ4v) is 2.92. The number of carbonyl (C=O) groups is 1. The number of carbonyl (C=O) groups excluding carboxylic acids is 1. The smallest absolute Gasteiger partial charge is 0.387 e. The van der Waals surface area contributed by atoms with E-state index >= 15 is 0 Å². The predicted octanol–water partition coefficient (Wildman–Crippen LogP) is 4.73. The van der Waals surface area contributed by atoms with E-state index in [1.165, 1.54) is 22.9 Å². The van der Waals surface area contributed by atoms with Crippen LogP contribution in [0.1, 0.15) is 17.5 Å². The van der Waals surface area contributed by atoms with Gasteiger partial charge in [-0.15, -0.1) is 0 Å². The lowest BCUT2D eigenvalue weighted by Crippen LogP contribution is -2.25. The van der Waals surface area contributed by atoms with Crippen LogP contribution in [0.15, 0.2) is 66.7 Å². The molecule has 0 aromatic heterocycles. The second-order valence-corrected chi connectivity index (χ2v) is 6.30. The molecule has 3 aromatic rings. The molecule has 140 valence electrons. The fraction of sp³-hybridized carbons (Fsp3) is 0.227. The number of amides is 1. The van der Waals surface area contributed by atoms with Crippen molar-refractivity contribution in [2.45, 2.75) is 25.9 Å². The van der Waals surface area contributed by atoms with Gasteiger partial charge < -0.3 is 10.1 Å². The Balaban J connectivity index is 1.41. The van der Waals surface area contributed by atoms with Gasteiger partial charge in [-0.1, -0.05) is 54.6 Å². The van der Waals surface area contributed by atoms with E-state index in [0.29, 0.717) is 25.8 Å². The second-order valence-electron chi connectivity index (χ2n) is 6.30. The number of nitrogens with one attached hydrogen (secondary N) is 1. The van der Waals surface area contributed by atoms with Gasteiger partial charge in [0.25, 0.3) is 0 Å². The van der Waals surface area contributed by atoms with E-state index in [1.807, 2.05) is 12.1 Å². The topological polar surface area (TPSA) is 38.3 Å². The summed E-state index contributed by atoms with van der Waals surface area (Å²) in [6.07, 6.45) is 1.76. The van der Waals surface area contributed by atoms with Crippen LogP contribution in [-0.2, 0) is 17.6 Å². The molecule has 0 atom stereocenters. The van der Waals surface area contributed by atoms with Crippen LogP contribution in [0.2, 0.25) is 0 Å². The maximum atomic E-state index is 12.1. The highest BCUT2D eigenvalue weighted by Gasteiger charge is 2.05. The van der Waals surface area contributed by atoms with Crippen molar-refractivity contribution in [2.24, 2.45) is 0 Å². The third kappa shape index (κ3) is 5.78. The van der Waals surface area contributed by atoms with E-state index < -0.39 is 6.61 Å². The molecule has 1 N–H and O–H groups in total. The van der Waals surface area contributed by atoms with Gasteiger partial charge in [-0.2, -0.15) is 8.78 Å². The van der Waals surface area contributed by atoms with Crippen LogP contribution in [0.25, 0.3) is 10.8 Å². The molecule has 0 aliphatic carbocycles. The average Bonchev–Trinajstić information content (AvgIpc) is 2.67. The Hall–Kier alpha value is -2.95. The molecule has 3 rings (SSSR count). The molecular formula is C22H21F2NO2. The van der Waals surface area contributed by atoms with Gasteiger partial charge in [-0.25, -0.2) is 0 Å². The quantitative estimate of drug-likeness (QED) is 0.623. The normalized spacial score (nSPS) is 10.9. The van der Waals surface area contributed by atoms with Gasteiger partial charge in [0.15, 0.2) is 0 Å². The lowest BCUT2D eigenvalue weighted by molar-refractivity contribution is -0.121. The van der Waals surface area contributed by atoms with Crippen molar-refractivity contribution >= 4 is 16.7 Å². The van der Waals surface area contributed by atoms with Gasteiger partial charge in [0.2, 0.25) is 5.91 Å². The van der Waals surface area contributed by atoms with E-state index in [0.717, 1.165) is 11.1 Å². The number of halogens is 2. The molecule has 3 nitrogen and oxygen atoms in total. The van der Waals surface area contributed by atoms with Crippen molar-refractivity contribution in [2.75, 3.05) is 6.54 Å². The van der Waals surface area contributed by atoms with Crippen molar-refractivity contribution in [1.29, 1.82) is 0 Å². The lowest BCUT2D eigenvalue weighted by atomic mass is 10.0. The molecule has 0 fully saturated rings. The first kappa shape index (κ1) is 18.8. The SMILES string of the molecule is O=C(CCc1ccc2ccccc2c1)NCCc1ccc(OC(F)F)cc1. The van der Waals surface area contributed by atoms with Crippen LogP contribution >= 0.6 is 0 Å². The highest BCUT2D eigenvalue weighted by atomic mass is 19.3. The maximum Gasteiger partial charge on any atom is 0.387 e. The minimum atomic E-state index is -2.82. The Bertz CT molecular complexity index is 894. The van der Waals surface area contributed by atoms with E-state index in [9.17, 15) is 13.6 Å². The van der Waals surface area contributed by atoms with Gasteiger partial charge in [0.1, 0.15) is 5.75 Å². The molecule has 27 heavy (non-hydrogen) atoms. The fourth-order valence-electron chi connectivity index (χ4n) is 2.92. The number of benzene rings is 3. The van der Waals surface area contributed by atoms with Crippen molar-refractivity contribution in [3.05, 3.63) is 77.9 Å². The zero-order chi connectivity index (χ0) is 19.1. The van der Waals surface area contributed by atoms with Gasteiger partial charge in [-0.05, 0) is 46.9 Å². The molecule has 5 heteroatoms. The van der Waals surface area contributed by atoms with Crippen molar-refractivity contribution < 1.29 is 18.3 Å². The van der Waals surface area contributed by atoms with Gasteiger partial charge in [0.05, 0.1) is 0 Å². The van der Waals surface area contributed by atoms with Crippen molar-refractivity contribution in [1.82, 2.24) is 5.32 Å². The molecule has 0 saturated heterocycles. The van der Waals surface area contributed by atoms with Crippen LogP contribution < -0.4 is 10.1 Å². The first-order valence-corrected chi connectivity index (χ1v) is 8.88. The van der Waals surface area contributed by atoms with E-state index in [1.54, 1.807) is 12.1 Å². The lowest BCUT2D eigenvalue weighted by Gasteiger charge is -2.08. The predicted molar refractivity (Wildman–Crippen MR) is 102 cm³/mol. The second kappa shape index (κ2) is 9.12. The summed E-state index contributed by atoms with van der Waals surface area (Å²) >= 11 is 0. The van der Waals surface area contributed by atoms with E-state index in [-0.39, 0.29) is 11.7 Å². The molecule has 0 aliphatic rings. The van der Waals surface area contributed by atoms with Gasteiger partial charge >= 0.3 is 6.61 Å². The molecule has 0 heterocycles. The Kier molecular flexibility index (Phi) is 6.36. The summed E-state index contributed by atoms with van der Waals surface area (Å²) < 4.78 is 28.5. The zero-order valence-corrected chi connectivity index (χ0v) is 14.8.